The van der Waals surface area contributed by atoms with E-state index in [4.69, 9.17) is 0 Å². The van der Waals surface area contributed by atoms with Crippen molar-refractivity contribution in [2.75, 3.05) is 0 Å². The molecule has 0 amide bonds. The topological polar surface area (TPSA) is 7.76 Å². The average Bonchev–Trinajstić information content (AvgIpc) is 2.83. The number of pyridine rings is 2. The Morgan fingerprint density at radius 2 is 0.844 bits per heavy atom. The summed E-state index contributed by atoms with van der Waals surface area (Å²) in [5.74, 6) is 0. The predicted octanol–water partition coefficient (Wildman–Crippen LogP) is 7.01. The fraction of sp³-hybridized carbons (Fsp3) is 0.400. The summed E-state index contributed by atoms with van der Waals surface area (Å²) in [6.07, 6.45) is 15.2. The van der Waals surface area contributed by atoms with Gasteiger partial charge in [-0.1, -0.05) is 49.9 Å². The number of unbranched alkanes of at least 4 members (excludes halogenated alkanes) is 7. The highest BCUT2D eigenvalue weighted by Gasteiger charge is 2.10. The summed E-state index contributed by atoms with van der Waals surface area (Å²) in [5.41, 5.74) is 5.47. The average molecular weight is 427 g/mol. The number of hydrogen-bond acceptors (Lipinski definition) is 0. The second-order valence-electron chi connectivity index (χ2n) is 9.25. The van der Waals surface area contributed by atoms with Crippen LogP contribution < -0.4 is 9.13 Å². The van der Waals surface area contributed by atoms with Crippen LogP contribution in [0.25, 0.3) is 21.8 Å². The van der Waals surface area contributed by atoms with E-state index in [0.717, 1.165) is 13.1 Å². The summed E-state index contributed by atoms with van der Waals surface area (Å²) in [7, 11) is 0. The van der Waals surface area contributed by atoms with E-state index in [-0.39, 0.29) is 0 Å². The van der Waals surface area contributed by atoms with Gasteiger partial charge in [0.1, 0.15) is 13.1 Å². The van der Waals surface area contributed by atoms with Crippen LogP contribution >= 0.6 is 0 Å². The largest absolute Gasteiger partial charge is 0.212 e. The summed E-state index contributed by atoms with van der Waals surface area (Å²) in [6.45, 7) is 6.66. The molecular formula is C30H38N2+2. The molecule has 2 heteroatoms. The molecule has 0 aliphatic carbocycles. The van der Waals surface area contributed by atoms with Crippen molar-refractivity contribution in [1.82, 2.24) is 0 Å². The van der Waals surface area contributed by atoms with Gasteiger partial charge in [0, 0.05) is 47.9 Å². The Hall–Kier alpha value is -2.74. The van der Waals surface area contributed by atoms with Crippen molar-refractivity contribution in [3.63, 3.8) is 0 Å². The molecule has 0 saturated carbocycles. The van der Waals surface area contributed by atoms with Crippen molar-refractivity contribution >= 4 is 21.8 Å². The molecule has 32 heavy (non-hydrogen) atoms. The quantitative estimate of drug-likeness (QED) is 0.180. The summed E-state index contributed by atoms with van der Waals surface area (Å²) < 4.78 is 4.85. The Morgan fingerprint density at radius 3 is 1.28 bits per heavy atom. The highest BCUT2D eigenvalue weighted by molar-refractivity contribution is 5.79. The van der Waals surface area contributed by atoms with Crippen LogP contribution in [0.2, 0.25) is 0 Å². The smallest absolute Gasteiger partial charge is 0.198 e. The third-order valence-corrected chi connectivity index (χ3v) is 6.83. The Bertz CT molecular complexity index is 1070. The number of rotatable bonds is 11. The van der Waals surface area contributed by atoms with Crippen LogP contribution in [0.15, 0.2) is 73.1 Å². The first-order valence-corrected chi connectivity index (χ1v) is 12.5. The van der Waals surface area contributed by atoms with Gasteiger partial charge in [-0.3, -0.25) is 0 Å². The van der Waals surface area contributed by atoms with Crippen molar-refractivity contribution in [2.24, 2.45) is 0 Å². The Labute approximate surface area is 193 Å². The first-order chi connectivity index (χ1) is 15.7. The van der Waals surface area contributed by atoms with Crippen molar-refractivity contribution in [3.8, 4) is 0 Å². The number of nitrogens with zero attached hydrogens (tertiary/aromatic N) is 2. The van der Waals surface area contributed by atoms with Gasteiger partial charge >= 0.3 is 0 Å². The third kappa shape index (κ3) is 5.54. The summed E-state index contributed by atoms with van der Waals surface area (Å²) in [5, 5.41) is 2.76. The SMILES string of the molecule is Cc1cc[n+](CCCCCCCCCC[n+]2ccc(C)c3ccccc32)c2ccccc12. The Balaban J connectivity index is 1.11. The Morgan fingerprint density at radius 1 is 0.469 bits per heavy atom. The van der Waals surface area contributed by atoms with Gasteiger partial charge in [-0.15, -0.1) is 0 Å². The molecule has 0 aliphatic rings. The Kier molecular flexibility index (Phi) is 7.87. The number of hydrogen-bond donors (Lipinski definition) is 0. The maximum Gasteiger partial charge on any atom is 0.212 e. The van der Waals surface area contributed by atoms with Gasteiger partial charge in [-0.25, -0.2) is 0 Å². The van der Waals surface area contributed by atoms with E-state index in [2.05, 4.69) is 96.0 Å². The highest BCUT2D eigenvalue weighted by atomic mass is 14.9. The van der Waals surface area contributed by atoms with Gasteiger partial charge in [0.15, 0.2) is 12.4 Å². The molecule has 166 valence electrons. The number of aryl methyl sites for hydroxylation is 4. The van der Waals surface area contributed by atoms with Crippen molar-refractivity contribution in [3.05, 3.63) is 84.2 Å². The maximum absolute atomic E-state index is 2.43. The molecule has 0 aliphatic heterocycles. The lowest BCUT2D eigenvalue weighted by molar-refractivity contribution is -0.672. The standard InChI is InChI=1S/C30H38N2/c1-25-19-23-31(29-17-11-9-15-27(25)29)21-13-7-5-3-4-6-8-14-22-32-24-20-26(2)28-16-10-12-18-30(28)32/h9-12,15-20,23-24H,3-8,13-14,21-22H2,1-2H3/q+2. The molecule has 0 spiro atoms. The van der Waals surface area contributed by atoms with E-state index >= 15 is 0 Å². The molecule has 0 atom stereocenters. The summed E-state index contributed by atoms with van der Waals surface area (Å²) in [4.78, 5) is 0. The van der Waals surface area contributed by atoms with Gasteiger partial charge in [-0.05, 0) is 49.9 Å². The number of fused-ring (bicyclic) bond motifs is 2. The van der Waals surface area contributed by atoms with Gasteiger partial charge in [-0.2, -0.15) is 9.13 Å². The molecule has 0 saturated heterocycles. The van der Waals surface area contributed by atoms with Crippen molar-refractivity contribution in [2.45, 2.75) is 78.3 Å². The summed E-state index contributed by atoms with van der Waals surface area (Å²) >= 11 is 0. The van der Waals surface area contributed by atoms with Crippen LogP contribution in [-0.2, 0) is 13.1 Å². The van der Waals surface area contributed by atoms with Gasteiger partial charge in [0.25, 0.3) is 0 Å². The number of para-hydroxylation sites is 2. The minimum atomic E-state index is 1.13. The second-order valence-corrected chi connectivity index (χ2v) is 9.25. The van der Waals surface area contributed by atoms with Gasteiger partial charge < -0.3 is 0 Å². The van der Waals surface area contributed by atoms with E-state index in [1.54, 1.807) is 0 Å². The van der Waals surface area contributed by atoms with E-state index in [0.29, 0.717) is 0 Å². The summed E-state index contributed by atoms with van der Waals surface area (Å²) in [6, 6.07) is 22.1. The van der Waals surface area contributed by atoms with Crippen molar-refractivity contribution in [1.29, 1.82) is 0 Å². The molecule has 2 heterocycles. The zero-order valence-electron chi connectivity index (χ0n) is 19.9. The molecule has 0 fully saturated rings. The van der Waals surface area contributed by atoms with Gasteiger partial charge in [0.05, 0.1) is 0 Å². The van der Waals surface area contributed by atoms with Crippen LogP contribution in [-0.4, -0.2) is 0 Å². The normalized spacial score (nSPS) is 11.4. The molecule has 2 aromatic heterocycles. The minimum Gasteiger partial charge on any atom is -0.198 e. The molecule has 0 bridgehead atoms. The maximum atomic E-state index is 2.43. The zero-order chi connectivity index (χ0) is 22.2. The molecule has 2 nitrogen and oxygen atoms in total. The van der Waals surface area contributed by atoms with Crippen LogP contribution in [0.4, 0.5) is 0 Å². The van der Waals surface area contributed by atoms with Gasteiger partial charge in [0.2, 0.25) is 11.0 Å². The lowest BCUT2D eigenvalue weighted by Gasteiger charge is -2.05. The van der Waals surface area contributed by atoms with Crippen LogP contribution in [0.1, 0.15) is 62.5 Å². The fourth-order valence-corrected chi connectivity index (χ4v) is 4.87. The van der Waals surface area contributed by atoms with Crippen molar-refractivity contribution < 1.29 is 9.13 Å². The lowest BCUT2D eigenvalue weighted by atomic mass is 10.1. The molecule has 4 rings (SSSR count). The monoisotopic (exact) mass is 426 g/mol. The van der Waals surface area contributed by atoms with Crippen LogP contribution in [0, 0.1) is 13.8 Å². The third-order valence-electron chi connectivity index (χ3n) is 6.83. The minimum absolute atomic E-state index is 1.13. The zero-order valence-corrected chi connectivity index (χ0v) is 19.9. The molecule has 2 aromatic carbocycles. The molecule has 0 unspecified atom stereocenters. The molecule has 0 N–H and O–H groups in total. The molecule has 4 aromatic rings. The second kappa shape index (κ2) is 11.2. The van der Waals surface area contributed by atoms with Crippen LogP contribution in [0.3, 0.4) is 0 Å². The first kappa shape index (κ1) is 22.5. The number of aromatic nitrogens is 2. The number of benzene rings is 2. The van der Waals surface area contributed by atoms with Crippen LogP contribution in [0.5, 0.6) is 0 Å². The first-order valence-electron chi connectivity index (χ1n) is 12.5. The highest BCUT2D eigenvalue weighted by Crippen LogP contribution is 2.16. The fourth-order valence-electron chi connectivity index (χ4n) is 4.87. The molecule has 0 radical (unpaired) electrons. The van der Waals surface area contributed by atoms with E-state index < -0.39 is 0 Å². The predicted molar refractivity (Wildman–Crippen MR) is 135 cm³/mol. The lowest BCUT2D eigenvalue weighted by Crippen LogP contribution is -2.34. The van der Waals surface area contributed by atoms with E-state index in [9.17, 15) is 0 Å². The van der Waals surface area contributed by atoms with E-state index in [1.165, 1.54) is 84.3 Å². The molecular weight excluding hydrogens is 388 g/mol. The van der Waals surface area contributed by atoms with E-state index in [1.807, 2.05) is 0 Å².